The number of hydrogen-bond donors (Lipinski definition) is 3. The first-order chi connectivity index (χ1) is 19.9. The quantitative estimate of drug-likeness (QED) is 0.221. The zero-order valence-corrected chi connectivity index (χ0v) is 24.8. The first-order valence-corrected chi connectivity index (χ1v) is 14.2. The van der Waals surface area contributed by atoms with Crippen molar-refractivity contribution in [3.05, 3.63) is 35.4 Å². The van der Waals surface area contributed by atoms with Crippen LogP contribution >= 0.6 is 0 Å². The molecule has 3 N–H and O–H groups in total. The SMILES string of the molecule is CCC(C)CCCNC(=O)N[C@@H](Cc1cc(F)cc(F)c1)C(=O)N[C@H](C(=O)OC)[C@H](C)OC(=O)C1CCCN1C(C)=O. The normalized spacial score (nSPS) is 17.4. The molecule has 1 aromatic carbocycles. The molecule has 0 radical (unpaired) electrons. The first-order valence-electron chi connectivity index (χ1n) is 14.2. The standard InChI is InChI=1S/C29H42F2N4O7/c1-6-17(2)9-7-11-32-29(40)33-23(15-20-13-21(30)16-22(31)14-20)26(37)34-25(28(39)41-5)18(3)42-27(38)24-10-8-12-35(24)19(4)36/h13-14,16-18,23-25H,6-12,15H2,1-5H3,(H,34,37)(H2,32,33,40)/t17?,18-,23-,24?,25-/m0/s1. The van der Waals surface area contributed by atoms with E-state index in [1.54, 1.807) is 0 Å². The fourth-order valence-electron chi connectivity index (χ4n) is 4.71. The van der Waals surface area contributed by atoms with E-state index < -0.39 is 59.7 Å². The molecule has 11 nitrogen and oxygen atoms in total. The van der Waals surface area contributed by atoms with Gasteiger partial charge in [-0.1, -0.05) is 20.3 Å². The minimum atomic E-state index is -1.48. The van der Waals surface area contributed by atoms with Crippen LogP contribution in [0.15, 0.2) is 18.2 Å². The molecule has 0 aromatic heterocycles. The molecular weight excluding hydrogens is 554 g/mol. The van der Waals surface area contributed by atoms with Crippen LogP contribution in [0.25, 0.3) is 0 Å². The summed E-state index contributed by atoms with van der Waals surface area (Å²) in [7, 11) is 1.09. The van der Waals surface area contributed by atoms with Crippen molar-refractivity contribution in [2.45, 2.75) is 90.4 Å². The second kappa shape index (κ2) is 16.6. The second-order valence-electron chi connectivity index (χ2n) is 10.6. The fraction of sp³-hybridized carbons (Fsp3) is 0.621. The Labute approximate surface area is 245 Å². The van der Waals surface area contributed by atoms with Gasteiger partial charge in [-0.3, -0.25) is 9.59 Å². The molecule has 4 amide bonds. The van der Waals surface area contributed by atoms with E-state index in [4.69, 9.17) is 9.47 Å². The number of benzene rings is 1. The van der Waals surface area contributed by atoms with E-state index in [0.29, 0.717) is 44.3 Å². The predicted octanol–water partition coefficient (Wildman–Crippen LogP) is 2.60. The van der Waals surface area contributed by atoms with Gasteiger partial charge in [0.2, 0.25) is 11.8 Å². The van der Waals surface area contributed by atoms with Crippen molar-refractivity contribution in [2.24, 2.45) is 5.92 Å². The van der Waals surface area contributed by atoms with E-state index in [2.05, 4.69) is 29.8 Å². The summed E-state index contributed by atoms with van der Waals surface area (Å²) in [6.07, 6.45) is 2.09. The topological polar surface area (TPSA) is 143 Å². The number of halogens is 2. The van der Waals surface area contributed by atoms with Crippen LogP contribution in [-0.4, -0.2) is 79.1 Å². The van der Waals surface area contributed by atoms with E-state index in [-0.39, 0.29) is 17.9 Å². The van der Waals surface area contributed by atoms with Crippen molar-refractivity contribution in [3.63, 3.8) is 0 Å². The number of carbonyl (C=O) groups excluding carboxylic acids is 5. The number of esters is 2. The molecule has 0 spiro atoms. The van der Waals surface area contributed by atoms with E-state index in [1.165, 1.54) is 18.7 Å². The molecule has 234 valence electrons. The predicted molar refractivity (Wildman–Crippen MR) is 149 cm³/mol. The minimum Gasteiger partial charge on any atom is -0.467 e. The van der Waals surface area contributed by atoms with Gasteiger partial charge in [0.1, 0.15) is 29.8 Å². The van der Waals surface area contributed by atoms with Crippen LogP contribution in [0.2, 0.25) is 0 Å². The van der Waals surface area contributed by atoms with E-state index >= 15 is 0 Å². The van der Waals surface area contributed by atoms with Gasteiger partial charge >= 0.3 is 18.0 Å². The molecule has 1 saturated heterocycles. The number of amides is 4. The van der Waals surface area contributed by atoms with Gasteiger partial charge in [-0.15, -0.1) is 0 Å². The van der Waals surface area contributed by atoms with Crippen LogP contribution in [0.1, 0.15) is 65.4 Å². The third kappa shape index (κ3) is 10.6. The van der Waals surface area contributed by atoms with Crippen LogP contribution in [0.3, 0.4) is 0 Å². The Hall–Kier alpha value is -3.77. The van der Waals surface area contributed by atoms with Crippen LogP contribution in [-0.2, 0) is 35.1 Å². The van der Waals surface area contributed by atoms with Crippen LogP contribution < -0.4 is 16.0 Å². The van der Waals surface area contributed by atoms with Crippen molar-refractivity contribution in [2.75, 3.05) is 20.2 Å². The Morgan fingerprint density at radius 1 is 1.07 bits per heavy atom. The molecule has 0 saturated carbocycles. The average Bonchev–Trinajstić information content (AvgIpc) is 3.43. The maximum absolute atomic E-state index is 13.9. The Balaban J connectivity index is 2.18. The molecule has 1 aromatic rings. The molecule has 0 aliphatic carbocycles. The maximum Gasteiger partial charge on any atom is 0.332 e. The van der Waals surface area contributed by atoms with Gasteiger partial charge in [0.15, 0.2) is 6.04 Å². The van der Waals surface area contributed by atoms with Crippen LogP contribution in [0, 0.1) is 17.6 Å². The molecule has 1 aliphatic rings. The number of nitrogens with one attached hydrogen (secondary N) is 3. The Morgan fingerprint density at radius 3 is 2.33 bits per heavy atom. The highest BCUT2D eigenvalue weighted by atomic mass is 19.1. The Kier molecular flexibility index (Phi) is 13.6. The first kappa shape index (κ1) is 34.4. The summed E-state index contributed by atoms with van der Waals surface area (Å²) in [4.78, 5) is 64.7. The van der Waals surface area contributed by atoms with Crippen molar-refractivity contribution in [3.8, 4) is 0 Å². The maximum atomic E-state index is 13.9. The van der Waals surface area contributed by atoms with Crippen molar-refractivity contribution in [1.29, 1.82) is 0 Å². The smallest absolute Gasteiger partial charge is 0.332 e. The number of ether oxygens (including phenoxy) is 2. The number of likely N-dealkylation sites (tertiary alicyclic amines) is 1. The lowest BCUT2D eigenvalue weighted by Crippen LogP contribution is -2.57. The Bertz CT molecular complexity index is 1100. The number of hydrogen-bond acceptors (Lipinski definition) is 7. The Morgan fingerprint density at radius 2 is 1.74 bits per heavy atom. The van der Waals surface area contributed by atoms with Gasteiger partial charge in [0.25, 0.3) is 0 Å². The summed E-state index contributed by atoms with van der Waals surface area (Å²) in [6, 6.07) is -1.61. The molecule has 1 heterocycles. The number of nitrogens with zero attached hydrogens (tertiary/aromatic N) is 1. The molecule has 42 heavy (non-hydrogen) atoms. The summed E-state index contributed by atoms with van der Waals surface area (Å²) in [5, 5.41) is 7.61. The largest absolute Gasteiger partial charge is 0.467 e. The zero-order valence-electron chi connectivity index (χ0n) is 24.8. The molecule has 1 fully saturated rings. The minimum absolute atomic E-state index is 0.0874. The highest BCUT2D eigenvalue weighted by molar-refractivity contribution is 5.91. The molecule has 0 bridgehead atoms. The lowest BCUT2D eigenvalue weighted by Gasteiger charge is -2.28. The van der Waals surface area contributed by atoms with Crippen molar-refractivity contribution in [1.82, 2.24) is 20.9 Å². The number of urea groups is 1. The van der Waals surface area contributed by atoms with E-state index in [0.717, 1.165) is 32.1 Å². The fourth-order valence-corrected chi connectivity index (χ4v) is 4.71. The van der Waals surface area contributed by atoms with Crippen LogP contribution in [0.4, 0.5) is 13.6 Å². The summed E-state index contributed by atoms with van der Waals surface area (Å²) in [5.74, 6) is -4.07. The number of rotatable bonds is 14. The van der Waals surface area contributed by atoms with Gasteiger partial charge in [-0.25, -0.2) is 23.2 Å². The third-order valence-electron chi connectivity index (χ3n) is 7.29. The molecule has 1 aliphatic heterocycles. The highest BCUT2D eigenvalue weighted by Crippen LogP contribution is 2.20. The van der Waals surface area contributed by atoms with Gasteiger partial charge in [-0.2, -0.15) is 0 Å². The number of methoxy groups -OCH3 is 1. The second-order valence-corrected chi connectivity index (χ2v) is 10.6. The third-order valence-corrected chi connectivity index (χ3v) is 7.29. The highest BCUT2D eigenvalue weighted by Gasteiger charge is 2.38. The van der Waals surface area contributed by atoms with Crippen molar-refractivity contribution < 1.29 is 42.2 Å². The number of carbonyl (C=O) groups is 5. The monoisotopic (exact) mass is 596 g/mol. The van der Waals surface area contributed by atoms with Gasteiger partial charge in [0.05, 0.1) is 7.11 Å². The van der Waals surface area contributed by atoms with Gasteiger partial charge in [0, 0.05) is 32.5 Å². The van der Waals surface area contributed by atoms with Crippen LogP contribution in [0.5, 0.6) is 0 Å². The summed E-state index contributed by atoms with van der Waals surface area (Å²) >= 11 is 0. The van der Waals surface area contributed by atoms with E-state index in [9.17, 15) is 32.8 Å². The van der Waals surface area contributed by atoms with Crippen molar-refractivity contribution >= 4 is 29.8 Å². The molecule has 13 heteroatoms. The summed E-state index contributed by atoms with van der Waals surface area (Å²) in [6.45, 7) is 7.63. The molecule has 5 atom stereocenters. The molecule has 2 rings (SSSR count). The van der Waals surface area contributed by atoms with E-state index in [1.807, 2.05) is 0 Å². The average molecular weight is 597 g/mol. The lowest BCUT2D eigenvalue weighted by molar-refractivity contribution is -0.163. The summed E-state index contributed by atoms with van der Waals surface area (Å²) < 4.78 is 38.0. The molecule has 2 unspecified atom stereocenters. The van der Waals surface area contributed by atoms with Gasteiger partial charge in [-0.05, 0) is 56.2 Å². The van der Waals surface area contributed by atoms with Gasteiger partial charge < -0.3 is 30.3 Å². The zero-order chi connectivity index (χ0) is 31.4. The molecular formula is C29H42F2N4O7. The summed E-state index contributed by atoms with van der Waals surface area (Å²) in [5.41, 5.74) is 0.0874. The lowest BCUT2D eigenvalue weighted by atomic mass is 10.0.